The van der Waals surface area contributed by atoms with E-state index in [0.29, 0.717) is 15.8 Å². The van der Waals surface area contributed by atoms with Crippen molar-refractivity contribution in [2.45, 2.75) is 18.7 Å². The molecular formula is C24H19BrClN3O2S. The van der Waals surface area contributed by atoms with Crippen molar-refractivity contribution in [3.8, 4) is 5.75 Å². The minimum Gasteiger partial charge on any atom is -0.467 e. The van der Waals surface area contributed by atoms with E-state index in [-0.39, 0.29) is 11.9 Å². The summed E-state index contributed by atoms with van der Waals surface area (Å²) in [6.45, 7) is 1.91. The van der Waals surface area contributed by atoms with Gasteiger partial charge in [-0.3, -0.25) is 9.69 Å². The molecule has 32 heavy (non-hydrogen) atoms. The van der Waals surface area contributed by atoms with E-state index >= 15 is 0 Å². The summed E-state index contributed by atoms with van der Waals surface area (Å²) in [5.74, 6) is -0.0393. The molecule has 0 saturated carbocycles. The van der Waals surface area contributed by atoms with Crippen LogP contribution in [0, 0.1) is 5.92 Å². The monoisotopic (exact) mass is 527 g/mol. The molecule has 3 aromatic carbocycles. The molecule has 2 heterocycles. The number of carbonyl (C=O) groups excluding carboxylic acids is 1. The number of benzene rings is 3. The molecule has 3 aromatic rings. The molecule has 5 nitrogen and oxygen atoms in total. The maximum atomic E-state index is 13.7. The predicted molar refractivity (Wildman–Crippen MR) is 134 cm³/mol. The van der Waals surface area contributed by atoms with Gasteiger partial charge in [-0.2, -0.15) is 0 Å². The lowest BCUT2D eigenvalue weighted by Gasteiger charge is -2.56. The highest BCUT2D eigenvalue weighted by Gasteiger charge is 2.59. The van der Waals surface area contributed by atoms with Crippen LogP contribution in [0.5, 0.6) is 5.75 Å². The molecule has 2 aliphatic heterocycles. The predicted octanol–water partition coefficient (Wildman–Crippen LogP) is 5.90. The summed E-state index contributed by atoms with van der Waals surface area (Å²) >= 11 is 15.2. The van der Waals surface area contributed by atoms with Gasteiger partial charge in [0.05, 0.1) is 6.04 Å². The van der Waals surface area contributed by atoms with Crippen molar-refractivity contribution in [1.82, 2.24) is 5.32 Å². The second-order valence-corrected chi connectivity index (χ2v) is 9.65. The molecule has 2 bridgehead atoms. The van der Waals surface area contributed by atoms with Crippen molar-refractivity contribution in [3.05, 3.63) is 87.9 Å². The maximum absolute atomic E-state index is 13.7. The largest absolute Gasteiger partial charge is 0.467 e. The highest BCUT2D eigenvalue weighted by Crippen LogP contribution is 2.49. The second kappa shape index (κ2) is 8.06. The number of carbonyl (C=O) groups is 1. The topological polar surface area (TPSA) is 53.6 Å². The van der Waals surface area contributed by atoms with E-state index < -0.39 is 11.6 Å². The Balaban J connectivity index is 1.60. The molecule has 162 valence electrons. The van der Waals surface area contributed by atoms with Crippen LogP contribution in [0.15, 0.2) is 77.3 Å². The molecule has 0 radical (unpaired) electrons. The summed E-state index contributed by atoms with van der Waals surface area (Å²) in [7, 11) is 0. The number of nitrogens with zero attached hydrogens (tertiary/aromatic N) is 1. The lowest BCUT2D eigenvalue weighted by atomic mass is 9.78. The molecule has 1 fully saturated rings. The summed E-state index contributed by atoms with van der Waals surface area (Å²) in [5, 5.41) is 7.54. The number of amides is 1. The number of rotatable bonds is 3. The third kappa shape index (κ3) is 3.54. The highest BCUT2D eigenvalue weighted by molar-refractivity contribution is 9.10. The van der Waals surface area contributed by atoms with Gasteiger partial charge in [-0.05, 0) is 73.7 Å². The number of thiocarbonyl (C=S) groups is 1. The van der Waals surface area contributed by atoms with E-state index in [1.165, 1.54) is 0 Å². The van der Waals surface area contributed by atoms with Gasteiger partial charge in [0.15, 0.2) is 10.8 Å². The first-order chi connectivity index (χ1) is 15.4. The number of para-hydroxylation sites is 1. The van der Waals surface area contributed by atoms with Gasteiger partial charge in [0.1, 0.15) is 11.7 Å². The van der Waals surface area contributed by atoms with E-state index in [0.717, 1.165) is 21.5 Å². The van der Waals surface area contributed by atoms with Gasteiger partial charge in [0, 0.05) is 26.4 Å². The fourth-order valence-corrected chi connectivity index (χ4v) is 5.27. The van der Waals surface area contributed by atoms with Crippen LogP contribution >= 0.6 is 39.7 Å². The standard InChI is InChI=1S/C24H19BrClN3O2S/c1-24-20(22(30)27-16-10-8-15(26)9-11-16)21(18-4-2-3-5-19(18)31-24)28-23(32)29(24)17-12-6-14(25)7-13-17/h2-13,20-21H,1H3,(H,27,30)(H,28,32)/t20-,21-,24-/m1/s1. The number of ether oxygens (including phenoxy) is 1. The van der Waals surface area contributed by atoms with E-state index in [9.17, 15) is 4.79 Å². The average Bonchev–Trinajstić information content (AvgIpc) is 2.76. The lowest BCUT2D eigenvalue weighted by Crippen LogP contribution is -2.72. The van der Waals surface area contributed by atoms with Gasteiger partial charge in [-0.15, -0.1) is 0 Å². The molecule has 0 spiro atoms. The van der Waals surface area contributed by atoms with Crippen LogP contribution in [0.3, 0.4) is 0 Å². The Labute approximate surface area is 204 Å². The van der Waals surface area contributed by atoms with E-state index in [4.69, 9.17) is 28.6 Å². The molecule has 0 unspecified atom stereocenters. The van der Waals surface area contributed by atoms with Gasteiger partial charge >= 0.3 is 0 Å². The molecule has 2 aliphatic rings. The fraction of sp³-hybridized carbons (Fsp3) is 0.167. The molecular weight excluding hydrogens is 510 g/mol. The normalized spacial score (nSPS) is 23.6. The Kier molecular flexibility index (Phi) is 5.35. The second-order valence-electron chi connectivity index (χ2n) is 7.91. The third-order valence-electron chi connectivity index (χ3n) is 5.89. The SMILES string of the molecule is C[C@]12Oc3ccccc3[C@@H](NC(=S)N1c1ccc(Br)cc1)[C@@H]2C(=O)Nc1ccc(Cl)cc1. The Bertz CT molecular complexity index is 1200. The zero-order valence-corrected chi connectivity index (χ0v) is 20.2. The first-order valence-corrected chi connectivity index (χ1v) is 11.7. The molecule has 0 aliphatic carbocycles. The summed E-state index contributed by atoms with van der Waals surface area (Å²) < 4.78 is 7.50. The summed E-state index contributed by atoms with van der Waals surface area (Å²) in [6, 6.07) is 22.2. The smallest absolute Gasteiger partial charge is 0.236 e. The van der Waals surface area contributed by atoms with Gasteiger partial charge in [0.25, 0.3) is 0 Å². The van der Waals surface area contributed by atoms with Crippen LogP contribution in [0.2, 0.25) is 5.02 Å². The molecule has 8 heteroatoms. The van der Waals surface area contributed by atoms with Crippen LogP contribution < -0.4 is 20.3 Å². The maximum Gasteiger partial charge on any atom is 0.236 e. The average molecular weight is 529 g/mol. The fourth-order valence-electron chi connectivity index (χ4n) is 4.46. The van der Waals surface area contributed by atoms with E-state index in [1.54, 1.807) is 24.3 Å². The number of nitrogens with one attached hydrogen (secondary N) is 2. The van der Waals surface area contributed by atoms with Crippen LogP contribution in [0.4, 0.5) is 11.4 Å². The Morgan fingerprint density at radius 1 is 1.12 bits per heavy atom. The van der Waals surface area contributed by atoms with Crippen LogP contribution in [-0.4, -0.2) is 16.7 Å². The number of fused-ring (bicyclic) bond motifs is 4. The van der Waals surface area contributed by atoms with E-state index in [2.05, 4.69) is 26.6 Å². The number of anilines is 2. The van der Waals surface area contributed by atoms with Crippen molar-refractivity contribution in [1.29, 1.82) is 0 Å². The van der Waals surface area contributed by atoms with E-state index in [1.807, 2.05) is 60.4 Å². The lowest BCUT2D eigenvalue weighted by molar-refractivity contribution is -0.130. The van der Waals surface area contributed by atoms with Crippen molar-refractivity contribution in [2.75, 3.05) is 10.2 Å². The van der Waals surface area contributed by atoms with Crippen molar-refractivity contribution >= 4 is 62.1 Å². The van der Waals surface area contributed by atoms with Crippen LogP contribution in [0.25, 0.3) is 0 Å². The zero-order chi connectivity index (χ0) is 22.5. The molecule has 3 atom stereocenters. The number of hydrogen-bond acceptors (Lipinski definition) is 3. The summed E-state index contributed by atoms with van der Waals surface area (Å²) in [4.78, 5) is 15.6. The van der Waals surface area contributed by atoms with Crippen LogP contribution in [0.1, 0.15) is 18.5 Å². The Morgan fingerprint density at radius 3 is 2.53 bits per heavy atom. The van der Waals surface area contributed by atoms with Gasteiger partial charge in [0.2, 0.25) is 5.91 Å². The quantitative estimate of drug-likeness (QED) is 0.415. The minimum absolute atomic E-state index is 0.175. The zero-order valence-electron chi connectivity index (χ0n) is 17.0. The number of hydrogen-bond donors (Lipinski definition) is 2. The first kappa shape index (κ1) is 21.2. The summed E-state index contributed by atoms with van der Waals surface area (Å²) in [6.07, 6.45) is 0. The van der Waals surface area contributed by atoms with Crippen molar-refractivity contribution in [3.63, 3.8) is 0 Å². The van der Waals surface area contributed by atoms with Crippen molar-refractivity contribution < 1.29 is 9.53 Å². The number of halogens is 2. The first-order valence-electron chi connectivity index (χ1n) is 10.1. The molecule has 2 N–H and O–H groups in total. The van der Waals surface area contributed by atoms with Crippen molar-refractivity contribution in [2.24, 2.45) is 5.92 Å². The van der Waals surface area contributed by atoms with Gasteiger partial charge in [-0.1, -0.05) is 45.7 Å². The highest BCUT2D eigenvalue weighted by atomic mass is 79.9. The molecule has 5 rings (SSSR count). The molecule has 0 aromatic heterocycles. The molecule has 1 saturated heterocycles. The molecule has 1 amide bonds. The van der Waals surface area contributed by atoms with Gasteiger partial charge < -0.3 is 15.4 Å². The minimum atomic E-state index is -1.05. The third-order valence-corrected chi connectivity index (χ3v) is 6.97. The van der Waals surface area contributed by atoms with Crippen LogP contribution in [-0.2, 0) is 4.79 Å². The Hall–Kier alpha value is -2.61. The summed E-state index contributed by atoms with van der Waals surface area (Å²) in [5.41, 5.74) is 1.35. The van der Waals surface area contributed by atoms with Gasteiger partial charge in [-0.25, -0.2) is 0 Å². The Morgan fingerprint density at radius 2 is 1.81 bits per heavy atom.